The molecule has 2 nitrogen and oxygen atoms in total. The summed E-state index contributed by atoms with van der Waals surface area (Å²) in [6, 6.07) is 0. The van der Waals surface area contributed by atoms with Crippen LogP contribution in [0.3, 0.4) is 0 Å². The molecule has 0 atom stereocenters. The maximum Gasteiger partial charge on any atom is 0.0949 e. The molecule has 0 aromatic rings. The monoisotopic (exact) mass is 157 g/mol. The summed E-state index contributed by atoms with van der Waals surface area (Å²) in [5.74, 6) is 0. The van der Waals surface area contributed by atoms with Crippen LogP contribution in [0.15, 0.2) is 0 Å². The SMILES string of the molecule is CNCP(C)(C)=O.Cl. The molecule has 0 aliphatic heterocycles. The van der Waals surface area contributed by atoms with E-state index in [1.165, 1.54) is 0 Å². The van der Waals surface area contributed by atoms with Crippen LogP contribution in [0, 0.1) is 0 Å². The maximum atomic E-state index is 10.8. The van der Waals surface area contributed by atoms with Crippen LogP contribution in [0.25, 0.3) is 0 Å². The lowest BCUT2D eigenvalue weighted by molar-refractivity contribution is 0.579. The van der Waals surface area contributed by atoms with E-state index in [9.17, 15) is 4.57 Å². The summed E-state index contributed by atoms with van der Waals surface area (Å²) < 4.78 is 10.8. The van der Waals surface area contributed by atoms with Crippen molar-refractivity contribution in [2.45, 2.75) is 0 Å². The van der Waals surface area contributed by atoms with Crippen molar-refractivity contribution < 1.29 is 4.57 Å². The molecule has 0 aliphatic carbocycles. The zero-order valence-electron chi connectivity index (χ0n) is 5.47. The van der Waals surface area contributed by atoms with Gasteiger partial charge in [-0.3, -0.25) is 0 Å². The van der Waals surface area contributed by atoms with E-state index in [2.05, 4.69) is 5.32 Å². The topological polar surface area (TPSA) is 29.1 Å². The second kappa shape index (κ2) is 4.37. The Hall–Kier alpha value is 0.480. The number of hydrogen-bond acceptors (Lipinski definition) is 2. The Balaban J connectivity index is 0. The van der Waals surface area contributed by atoms with Gasteiger partial charge in [-0.1, -0.05) is 0 Å². The lowest BCUT2D eigenvalue weighted by Gasteiger charge is -2.01. The highest BCUT2D eigenvalue weighted by molar-refractivity contribution is 7.62. The molecule has 8 heavy (non-hydrogen) atoms. The molecule has 0 aliphatic rings. The molecule has 0 unspecified atom stereocenters. The quantitative estimate of drug-likeness (QED) is 0.611. The summed E-state index contributed by atoms with van der Waals surface area (Å²) in [4.78, 5) is 0. The fourth-order valence-corrected chi connectivity index (χ4v) is 1.14. The van der Waals surface area contributed by atoms with Crippen molar-refractivity contribution in [1.29, 1.82) is 0 Å². The zero-order valence-corrected chi connectivity index (χ0v) is 7.18. The Bertz CT molecular complexity index is 90.0. The highest BCUT2D eigenvalue weighted by atomic mass is 35.5. The second-order valence-corrected chi connectivity index (χ2v) is 5.55. The van der Waals surface area contributed by atoms with Crippen molar-refractivity contribution in [3.8, 4) is 0 Å². The fourth-order valence-electron chi connectivity index (χ4n) is 0.381. The van der Waals surface area contributed by atoms with Gasteiger partial charge in [0.2, 0.25) is 0 Å². The van der Waals surface area contributed by atoms with E-state index in [4.69, 9.17) is 0 Å². The molecule has 1 N–H and O–H groups in total. The number of nitrogens with one attached hydrogen (secondary N) is 1. The van der Waals surface area contributed by atoms with Crippen LogP contribution in [0.2, 0.25) is 0 Å². The van der Waals surface area contributed by atoms with Gasteiger partial charge >= 0.3 is 0 Å². The van der Waals surface area contributed by atoms with Gasteiger partial charge in [-0.15, -0.1) is 12.4 Å². The average molecular weight is 158 g/mol. The number of hydrogen-bond donors (Lipinski definition) is 1. The fraction of sp³-hybridized carbons (Fsp3) is 1.00. The van der Waals surface area contributed by atoms with Crippen molar-refractivity contribution in [1.82, 2.24) is 5.32 Å². The van der Waals surface area contributed by atoms with Crippen molar-refractivity contribution in [3.63, 3.8) is 0 Å². The van der Waals surface area contributed by atoms with E-state index < -0.39 is 7.14 Å². The highest BCUT2D eigenvalue weighted by Crippen LogP contribution is 2.32. The summed E-state index contributed by atoms with van der Waals surface area (Å²) in [6.07, 6.45) is 0.646. The van der Waals surface area contributed by atoms with Crippen LogP contribution in [0.4, 0.5) is 0 Å². The maximum absolute atomic E-state index is 10.8. The molecule has 52 valence electrons. The first kappa shape index (κ1) is 11.3. The van der Waals surface area contributed by atoms with Gasteiger partial charge < -0.3 is 9.88 Å². The standard InChI is InChI=1S/C4H12NOP.ClH/c1-5-4-7(2,3)6;/h5H,4H2,1-3H3;1H. The number of rotatable bonds is 2. The minimum Gasteiger partial charge on any atom is -0.323 e. The minimum atomic E-state index is -1.78. The third-order valence-corrected chi connectivity index (χ3v) is 1.62. The van der Waals surface area contributed by atoms with Gasteiger partial charge in [0.1, 0.15) is 0 Å². The van der Waals surface area contributed by atoms with E-state index in [1.54, 1.807) is 20.4 Å². The van der Waals surface area contributed by atoms with Gasteiger partial charge in [0.15, 0.2) is 0 Å². The molecule has 0 fully saturated rings. The third-order valence-electron chi connectivity index (χ3n) is 0.539. The molecule has 0 aromatic heterocycles. The molecular weight excluding hydrogens is 144 g/mol. The summed E-state index contributed by atoms with van der Waals surface area (Å²) in [5.41, 5.74) is 0. The Morgan fingerprint density at radius 1 is 1.50 bits per heavy atom. The van der Waals surface area contributed by atoms with Gasteiger partial charge in [-0.25, -0.2) is 0 Å². The Morgan fingerprint density at radius 3 is 1.88 bits per heavy atom. The van der Waals surface area contributed by atoms with Gasteiger partial charge in [0.05, 0.1) is 7.14 Å². The largest absolute Gasteiger partial charge is 0.323 e. The van der Waals surface area contributed by atoms with Crippen LogP contribution in [-0.4, -0.2) is 26.7 Å². The molecule has 0 spiro atoms. The molecule has 0 saturated heterocycles. The third kappa shape index (κ3) is 9.70. The van der Waals surface area contributed by atoms with Crippen LogP contribution in [0.1, 0.15) is 0 Å². The van der Waals surface area contributed by atoms with Gasteiger partial charge in [-0.05, 0) is 20.4 Å². The van der Waals surface area contributed by atoms with E-state index in [-0.39, 0.29) is 12.4 Å². The smallest absolute Gasteiger partial charge is 0.0949 e. The van der Waals surface area contributed by atoms with E-state index in [1.807, 2.05) is 0 Å². The van der Waals surface area contributed by atoms with Crippen LogP contribution >= 0.6 is 19.5 Å². The van der Waals surface area contributed by atoms with Gasteiger partial charge in [0, 0.05) is 6.29 Å². The molecule has 0 saturated carbocycles. The van der Waals surface area contributed by atoms with E-state index in [0.29, 0.717) is 6.29 Å². The second-order valence-electron chi connectivity index (χ2n) is 2.09. The van der Waals surface area contributed by atoms with Crippen molar-refractivity contribution >= 4 is 19.5 Å². The Labute approximate surface area is 56.8 Å². The van der Waals surface area contributed by atoms with Crippen molar-refractivity contribution in [2.24, 2.45) is 0 Å². The first-order valence-corrected chi connectivity index (χ1v) is 5.03. The first-order chi connectivity index (χ1) is 3.06. The van der Waals surface area contributed by atoms with Crippen LogP contribution < -0.4 is 5.32 Å². The normalized spacial score (nSPS) is 10.4. The molecule has 0 bridgehead atoms. The number of halogens is 1. The lowest BCUT2D eigenvalue weighted by atomic mass is 11.3. The van der Waals surface area contributed by atoms with Gasteiger partial charge in [0.25, 0.3) is 0 Å². The summed E-state index contributed by atoms with van der Waals surface area (Å²) >= 11 is 0. The van der Waals surface area contributed by atoms with Crippen LogP contribution in [-0.2, 0) is 4.57 Å². The molecule has 0 heterocycles. The molecule has 0 rings (SSSR count). The van der Waals surface area contributed by atoms with E-state index in [0.717, 1.165) is 0 Å². The highest BCUT2D eigenvalue weighted by Gasteiger charge is 2.01. The summed E-state index contributed by atoms with van der Waals surface area (Å²) in [5, 5.41) is 2.84. The Kier molecular flexibility index (Phi) is 6.17. The predicted molar refractivity (Wildman–Crippen MR) is 40.6 cm³/mol. The van der Waals surface area contributed by atoms with E-state index >= 15 is 0 Å². The molecule has 4 heteroatoms. The Morgan fingerprint density at radius 2 is 1.88 bits per heavy atom. The minimum absolute atomic E-state index is 0. The zero-order chi connectivity index (χ0) is 5.91. The lowest BCUT2D eigenvalue weighted by Crippen LogP contribution is -2.06. The summed E-state index contributed by atoms with van der Waals surface area (Å²) in [6.45, 7) is 3.53. The van der Waals surface area contributed by atoms with Crippen molar-refractivity contribution in [3.05, 3.63) is 0 Å². The van der Waals surface area contributed by atoms with Crippen LogP contribution in [0.5, 0.6) is 0 Å². The average Bonchev–Trinajstić information content (AvgIpc) is 1.30. The first-order valence-electron chi connectivity index (χ1n) is 2.25. The molecular formula is C4H13ClNOP. The summed E-state index contributed by atoms with van der Waals surface area (Å²) in [7, 11) is 0.0284. The molecule has 0 amide bonds. The van der Waals surface area contributed by atoms with Crippen molar-refractivity contribution in [2.75, 3.05) is 26.7 Å². The predicted octanol–water partition coefficient (Wildman–Crippen LogP) is 1.21. The molecule has 0 aromatic carbocycles. The molecule has 0 radical (unpaired) electrons. The van der Waals surface area contributed by atoms with Gasteiger partial charge in [-0.2, -0.15) is 0 Å².